The van der Waals surface area contributed by atoms with E-state index in [-0.39, 0.29) is 0 Å². The van der Waals surface area contributed by atoms with Gasteiger partial charge in [0.15, 0.2) is 0 Å². The van der Waals surface area contributed by atoms with Gasteiger partial charge in [0, 0.05) is 49.7 Å². The Morgan fingerprint density at radius 3 is 1.77 bits per heavy atom. The van der Waals surface area contributed by atoms with E-state index in [1.54, 1.807) is 0 Å². The lowest BCUT2D eigenvalue weighted by molar-refractivity contribution is 0.669. The van der Waals surface area contributed by atoms with Gasteiger partial charge in [-0.25, -0.2) is 0 Å². The minimum atomic E-state index is 0.888. The van der Waals surface area contributed by atoms with Gasteiger partial charge in [0.05, 0.1) is 5.52 Å². The van der Waals surface area contributed by atoms with E-state index in [1.807, 2.05) is 12.1 Å². The summed E-state index contributed by atoms with van der Waals surface area (Å²) in [6.45, 7) is 0. The number of H-pyrrole nitrogens is 1. The Balaban J connectivity index is 1.27. The highest BCUT2D eigenvalue weighted by atomic mass is 16.3. The maximum absolute atomic E-state index is 6.36. The second-order valence-corrected chi connectivity index (χ2v) is 12.3. The summed E-state index contributed by atoms with van der Waals surface area (Å²) in [5.74, 6) is 0. The lowest BCUT2D eigenvalue weighted by Crippen LogP contribution is -2.10. The summed E-state index contributed by atoms with van der Waals surface area (Å²) >= 11 is 0. The average molecular weight is 601 g/mol. The number of aromatic amines is 1. The smallest absolute Gasteiger partial charge is 0.136 e. The number of hydrogen-bond acceptors (Lipinski definition) is 2. The van der Waals surface area contributed by atoms with Crippen molar-refractivity contribution in [2.45, 2.75) is 0 Å². The van der Waals surface area contributed by atoms with Crippen molar-refractivity contribution in [2.75, 3.05) is 4.90 Å². The predicted molar refractivity (Wildman–Crippen MR) is 198 cm³/mol. The zero-order valence-electron chi connectivity index (χ0n) is 25.4. The molecule has 0 saturated carbocycles. The third-order valence-electron chi connectivity index (χ3n) is 9.53. The second-order valence-electron chi connectivity index (χ2n) is 12.3. The molecule has 220 valence electrons. The summed E-state index contributed by atoms with van der Waals surface area (Å²) in [4.78, 5) is 6.16. The number of fused-ring (bicyclic) bond motifs is 8. The van der Waals surface area contributed by atoms with Gasteiger partial charge in [-0.1, -0.05) is 103 Å². The van der Waals surface area contributed by atoms with Gasteiger partial charge in [-0.15, -0.1) is 0 Å². The van der Waals surface area contributed by atoms with E-state index in [1.165, 1.54) is 32.3 Å². The number of para-hydroxylation sites is 2. The fraction of sp³-hybridized carbons (Fsp3) is 0. The van der Waals surface area contributed by atoms with Crippen LogP contribution in [0.2, 0.25) is 0 Å². The molecule has 0 aliphatic rings. The predicted octanol–water partition coefficient (Wildman–Crippen LogP) is 12.7. The molecule has 0 saturated heterocycles. The molecule has 10 rings (SSSR count). The van der Waals surface area contributed by atoms with Crippen molar-refractivity contribution < 1.29 is 4.42 Å². The summed E-state index contributed by atoms with van der Waals surface area (Å²) in [5.41, 5.74) is 9.56. The standard InChI is InChI=1S/C44H28N2O/c1-3-11-30-23-33(20-17-28(30)9-1)46(34-21-18-29-10-2-4-12-31(29)24-34)35-26-39(44-40(27-35)36-13-5-7-15-41(36)45-44)32-19-22-38-37-14-6-8-16-42(37)47-43(38)25-32/h1-27,45H. The van der Waals surface area contributed by atoms with Gasteiger partial charge < -0.3 is 14.3 Å². The minimum Gasteiger partial charge on any atom is -0.456 e. The number of hydrogen-bond donors (Lipinski definition) is 1. The molecule has 0 bridgehead atoms. The molecule has 0 spiro atoms. The summed E-state index contributed by atoms with van der Waals surface area (Å²) in [6.07, 6.45) is 0. The average Bonchev–Trinajstić information content (AvgIpc) is 3.69. The molecule has 3 nitrogen and oxygen atoms in total. The number of benzene rings is 8. The summed E-state index contributed by atoms with van der Waals surface area (Å²) in [6, 6.07) is 58.7. The number of furan rings is 1. The summed E-state index contributed by atoms with van der Waals surface area (Å²) < 4.78 is 6.36. The van der Waals surface area contributed by atoms with Gasteiger partial charge in [-0.2, -0.15) is 0 Å². The molecule has 1 N–H and O–H groups in total. The fourth-order valence-corrected chi connectivity index (χ4v) is 7.26. The number of anilines is 3. The Morgan fingerprint density at radius 1 is 0.404 bits per heavy atom. The van der Waals surface area contributed by atoms with E-state index in [2.05, 4.69) is 162 Å². The topological polar surface area (TPSA) is 32.2 Å². The molecule has 0 atom stereocenters. The van der Waals surface area contributed by atoms with Crippen LogP contribution in [0.25, 0.3) is 76.4 Å². The third-order valence-corrected chi connectivity index (χ3v) is 9.53. The van der Waals surface area contributed by atoms with Crippen LogP contribution < -0.4 is 4.90 Å². The van der Waals surface area contributed by atoms with Gasteiger partial charge in [-0.3, -0.25) is 0 Å². The van der Waals surface area contributed by atoms with Gasteiger partial charge >= 0.3 is 0 Å². The van der Waals surface area contributed by atoms with Gasteiger partial charge in [0.2, 0.25) is 0 Å². The second kappa shape index (κ2) is 10.1. The molecule has 47 heavy (non-hydrogen) atoms. The molecule has 0 aliphatic carbocycles. The number of aromatic nitrogens is 1. The Kier molecular flexibility index (Phi) is 5.57. The molecule has 2 aromatic heterocycles. The van der Waals surface area contributed by atoms with E-state index in [0.29, 0.717) is 0 Å². The van der Waals surface area contributed by atoms with E-state index < -0.39 is 0 Å². The van der Waals surface area contributed by atoms with Crippen molar-refractivity contribution in [1.29, 1.82) is 0 Å². The molecule has 0 amide bonds. The van der Waals surface area contributed by atoms with Crippen LogP contribution >= 0.6 is 0 Å². The summed E-state index contributed by atoms with van der Waals surface area (Å²) in [5, 5.41) is 9.51. The first-order valence-corrected chi connectivity index (χ1v) is 16.0. The lowest BCUT2D eigenvalue weighted by atomic mass is 9.98. The highest BCUT2D eigenvalue weighted by molar-refractivity contribution is 6.15. The van der Waals surface area contributed by atoms with Crippen molar-refractivity contribution in [2.24, 2.45) is 0 Å². The van der Waals surface area contributed by atoms with Crippen molar-refractivity contribution in [3.63, 3.8) is 0 Å². The Morgan fingerprint density at radius 2 is 1.02 bits per heavy atom. The van der Waals surface area contributed by atoms with E-state index in [9.17, 15) is 0 Å². The van der Waals surface area contributed by atoms with Crippen LogP contribution in [0.15, 0.2) is 168 Å². The third kappa shape index (κ3) is 4.14. The SMILES string of the molecule is c1ccc2cc(N(c3ccc4ccccc4c3)c3cc(-c4ccc5c(c4)oc4ccccc45)c4[nH]c5ccccc5c4c3)ccc2c1. The van der Waals surface area contributed by atoms with Gasteiger partial charge in [-0.05, 0) is 87.8 Å². The van der Waals surface area contributed by atoms with Crippen LogP contribution in [-0.4, -0.2) is 4.98 Å². The van der Waals surface area contributed by atoms with E-state index in [0.717, 1.165) is 61.2 Å². The molecular weight excluding hydrogens is 572 g/mol. The zero-order valence-corrected chi connectivity index (χ0v) is 25.4. The van der Waals surface area contributed by atoms with Crippen LogP contribution in [-0.2, 0) is 0 Å². The molecule has 10 aromatic rings. The van der Waals surface area contributed by atoms with Crippen molar-refractivity contribution in [3.05, 3.63) is 164 Å². The zero-order chi connectivity index (χ0) is 30.9. The Hall–Kier alpha value is -6.32. The molecular formula is C44H28N2O. The molecule has 0 aliphatic heterocycles. The number of nitrogens with zero attached hydrogens (tertiary/aromatic N) is 1. The quantitative estimate of drug-likeness (QED) is 0.218. The van der Waals surface area contributed by atoms with Crippen LogP contribution in [0.4, 0.5) is 17.1 Å². The molecule has 0 radical (unpaired) electrons. The highest BCUT2D eigenvalue weighted by Crippen LogP contribution is 2.44. The van der Waals surface area contributed by atoms with Crippen molar-refractivity contribution in [1.82, 2.24) is 4.98 Å². The van der Waals surface area contributed by atoms with Crippen LogP contribution in [0.1, 0.15) is 0 Å². The number of rotatable bonds is 4. The monoisotopic (exact) mass is 600 g/mol. The lowest BCUT2D eigenvalue weighted by Gasteiger charge is -2.27. The maximum atomic E-state index is 6.36. The molecule has 0 fully saturated rings. The van der Waals surface area contributed by atoms with Crippen LogP contribution in [0.3, 0.4) is 0 Å². The first-order chi connectivity index (χ1) is 23.3. The molecule has 8 aromatic carbocycles. The van der Waals surface area contributed by atoms with Crippen LogP contribution in [0, 0.1) is 0 Å². The first-order valence-electron chi connectivity index (χ1n) is 16.0. The minimum absolute atomic E-state index is 0.888. The normalized spacial score (nSPS) is 11.8. The number of nitrogens with one attached hydrogen (secondary N) is 1. The Bertz CT molecular complexity index is 2740. The van der Waals surface area contributed by atoms with Gasteiger partial charge in [0.1, 0.15) is 11.2 Å². The summed E-state index contributed by atoms with van der Waals surface area (Å²) in [7, 11) is 0. The Labute approximate surface area is 270 Å². The largest absolute Gasteiger partial charge is 0.456 e. The van der Waals surface area contributed by atoms with Crippen molar-refractivity contribution in [3.8, 4) is 11.1 Å². The van der Waals surface area contributed by atoms with Crippen LogP contribution in [0.5, 0.6) is 0 Å². The van der Waals surface area contributed by atoms with Gasteiger partial charge in [0.25, 0.3) is 0 Å². The molecule has 3 heteroatoms. The van der Waals surface area contributed by atoms with E-state index >= 15 is 0 Å². The molecule has 0 unspecified atom stereocenters. The van der Waals surface area contributed by atoms with E-state index in [4.69, 9.17) is 4.42 Å². The molecule has 2 heterocycles. The first kappa shape index (κ1) is 26.0. The maximum Gasteiger partial charge on any atom is 0.136 e. The fourth-order valence-electron chi connectivity index (χ4n) is 7.26. The van der Waals surface area contributed by atoms with Crippen molar-refractivity contribution >= 4 is 82.4 Å². The highest BCUT2D eigenvalue weighted by Gasteiger charge is 2.20.